The zero-order chi connectivity index (χ0) is 13.2. The Labute approximate surface area is 94.3 Å². The van der Waals surface area contributed by atoms with Crippen LogP contribution in [-0.4, -0.2) is 23.3 Å². The lowest BCUT2D eigenvalue weighted by Crippen LogP contribution is -2.15. The number of halogens is 3. The highest BCUT2D eigenvalue weighted by Crippen LogP contribution is 2.37. The minimum atomic E-state index is -4.77. The lowest BCUT2D eigenvalue weighted by molar-refractivity contribution is -0.151. The van der Waals surface area contributed by atoms with Gasteiger partial charge in [0.05, 0.1) is 12.7 Å². The Morgan fingerprint density at radius 1 is 1.41 bits per heavy atom. The molecule has 0 aliphatic rings. The summed E-state index contributed by atoms with van der Waals surface area (Å²) in [6.45, 7) is 0. The molecular formula is C10H9F3O4. The van der Waals surface area contributed by atoms with Gasteiger partial charge in [-0.25, -0.2) is 4.79 Å². The Balaban J connectivity index is 3.17. The Morgan fingerprint density at radius 2 is 2.00 bits per heavy atom. The number of aromatic hydroxyl groups is 1. The molecule has 1 unspecified atom stereocenters. The maximum Gasteiger partial charge on any atom is 0.419 e. The number of hydrogen-bond donors (Lipinski definition) is 2. The van der Waals surface area contributed by atoms with E-state index in [1.54, 1.807) is 0 Å². The van der Waals surface area contributed by atoms with E-state index >= 15 is 0 Å². The normalized spacial score (nSPS) is 13.2. The Bertz CT molecular complexity index is 428. The second-order valence-electron chi connectivity index (χ2n) is 3.20. The SMILES string of the molecule is COC(=O)C(O)c1ccc(O)c(C(F)(F)F)c1. The third-order valence-corrected chi connectivity index (χ3v) is 2.07. The zero-order valence-corrected chi connectivity index (χ0v) is 8.65. The number of carbonyl (C=O) groups excluding carboxylic acids is 1. The summed E-state index contributed by atoms with van der Waals surface area (Å²) >= 11 is 0. The van der Waals surface area contributed by atoms with Gasteiger partial charge in [0, 0.05) is 0 Å². The zero-order valence-electron chi connectivity index (χ0n) is 8.65. The van der Waals surface area contributed by atoms with Gasteiger partial charge >= 0.3 is 12.1 Å². The second kappa shape index (κ2) is 4.62. The number of phenolic OH excluding ortho intramolecular Hbond substituents is 1. The minimum Gasteiger partial charge on any atom is -0.507 e. The number of hydrogen-bond acceptors (Lipinski definition) is 4. The summed E-state index contributed by atoms with van der Waals surface area (Å²) in [5.41, 5.74) is -1.63. The summed E-state index contributed by atoms with van der Waals surface area (Å²) in [4.78, 5) is 10.9. The first-order chi connectivity index (χ1) is 7.77. The molecule has 17 heavy (non-hydrogen) atoms. The highest BCUT2D eigenvalue weighted by Gasteiger charge is 2.35. The number of methoxy groups -OCH3 is 1. The molecule has 1 aromatic carbocycles. The third kappa shape index (κ3) is 2.88. The molecule has 2 N–H and O–H groups in total. The predicted molar refractivity (Wildman–Crippen MR) is 50.1 cm³/mol. The maximum absolute atomic E-state index is 12.4. The van der Waals surface area contributed by atoms with E-state index in [-0.39, 0.29) is 5.56 Å². The highest BCUT2D eigenvalue weighted by molar-refractivity contribution is 5.76. The summed E-state index contributed by atoms with van der Waals surface area (Å²) in [5.74, 6) is -2.05. The van der Waals surface area contributed by atoms with Crippen LogP contribution in [0.15, 0.2) is 18.2 Å². The van der Waals surface area contributed by atoms with Crippen LogP contribution in [0.4, 0.5) is 13.2 Å². The van der Waals surface area contributed by atoms with Crippen molar-refractivity contribution >= 4 is 5.97 Å². The first-order valence-corrected chi connectivity index (χ1v) is 4.43. The number of rotatable bonds is 2. The van der Waals surface area contributed by atoms with E-state index in [1.807, 2.05) is 0 Å². The molecule has 0 aliphatic carbocycles. The standard InChI is InChI=1S/C10H9F3O4/c1-17-9(16)8(15)5-2-3-7(14)6(4-5)10(11,12)13/h2-4,8,14-15H,1H3. The van der Waals surface area contributed by atoms with Crippen LogP contribution in [0, 0.1) is 0 Å². The monoisotopic (exact) mass is 250 g/mol. The minimum absolute atomic E-state index is 0.304. The number of carbonyl (C=O) groups is 1. The van der Waals surface area contributed by atoms with Crippen LogP contribution in [0.1, 0.15) is 17.2 Å². The molecule has 1 rings (SSSR count). The average molecular weight is 250 g/mol. The van der Waals surface area contributed by atoms with Gasteiger partial charge in [-0.15, -0.1) is 0 Å². The molecule has 0 heterocycles. The van der Waals surface area contributed by atoms with Gasteiger partial charge in [0.25, 0.3) is 0 Å². The molecule has 94 valence electrons. The molecule has 0 bridgehead atoms. The van der Waals surface area contributed by atoms with E-state index in [0.717, 1.165) is 19.2 Å². The van der Waals surface area contributed by atoms with Crippen molar-refractivity contribution in [1.82, 2.24) is 0 Å². The van der Waals surface area contributed by atoms with Crippen LogP contribution >= 0.6 is 0 Å². The fourth-order valence-electron chi connectivity index (χ4n) is 1.20. The van der Waals surface area contributed by atoms with Crippen molar-refractivity contribution in [2.75, 3.05) is 7.11 Å². The van der Waals surface area contributed by atoms with E-state index in [1.165, 1.54) is 0 Å². The van der Waals surface area contributed by atoms with Crippen LogP contribution in [0.25, 0.3) is 0 Å². The second-order valence-corrected chi connectivity index (χ2v) is 3.20. The van der Waals surface area contributed by atoms with E-state index in [0.29, 0.717) is 6.07 Å². The number of benzene rings is 1. The molecule has 0 amide bonds. The molecular weight excluding hydrogens is 241 g/mol. The molecule has 1 atom stereocenters. The summed E-state index contributed by atoms with van der Waals surface area (Å²) in [5, 5.41) is 18.4. The molecule has 1 aromatic rings. The Morgan fingerprint density at radius 3 is 2.47 bits per heavy atom. The number of aliphatic hydroxyl groups is 1. The van der Waals surface area contributed by atoms with Crippen molar-refractivity contribution in [3.05, 3.63) is 29.3 Å². The summed E-state index contributed by atoms with van der Waals surface area (Å²) in [6.07, 6.45) is -6.59. The molecule has 0 spiro atoms. The first kappa shape index (κ1) is 13.3. The number of esters is 1. The number of ether oxygens (including phenoxy) is 1. The fourth-order valence-corrected chi connectivity index (χ4v) is 1.20. The quantitative estimate of drug-likeness (QED) is 0.783. The van der Waals surface area contributed by atoms with E-state index < -0.39 is 29.6 Å². The summed E-state index contributed by atoms with van der Waals surface area (Å²) < 4.78 is 41.4. The van der Waals surface area contributed by atoms with Crippen molar-refractivity contribution in [1.29, 1.82) is 0 Å². The molecule has 0 saturated heterocycles. The lowest BCUT2D eigenvalue weighted by Gasteiger charge is -2.13. The largest absolute Gasteiger partial charge is 0.507 e. The molecule has 0 fully saturated rings. The predicted octanol–water partition coefficient (Wildman–Crippen LogP) is 1.62. The molecule has 4 nitrogen and oxygen atoms in total. The molecule has 0 aliphatic heterocycles. The lowest BCUT2D eigenvalue weighted by atomic mass is 10.0. The number of aliphatic hydroxyl groups excluding tert-OH is 1. The van der Waals surface area contributed by atoms with Gasteiger partial charge in [-0.3, -0.25) is 0 Å². The summed E-state index contributed by atoms with van der Waals surface area (Å²) in [6, 6.07) is 2.26. The highest BCUT2D eigenvalue weighted by atomic mass is 19.4. The van der Waals surface area contributed by atoms with Crippen LogP contribution in [0.3, 0.4) is 0 Å². The van der Waals surface area contributed by atoms with Crippen LogP contribution in [0.2, 0.25) is 0 Å². The van der Waals surface area contributed by atoms with Gasteiger partial charge in [0.2, 0.25) is 0 Å². The first-order valence-electron chi connectivity index (χ1n) is 4.43. The Hall–Kier alpha value is -1.76. The van der Waals surface area contributed by atoms with E-state index in [4.69, 9.17) is 5.11 Å². The number of phenols is 1. The molecule has 7 heteroatoms. The maximum atomic E-state index is 12.4. The van der Waals surface area contributed by atoms with Crippen molar-refractivity contribution in [3.63, 3.8) is 0 Å². The summed E-state index contributed by atoms with van der Waals surface area (Å²) in [7, 11) is 0.997. The van der Waals surface area contributed by atoms with Gasteiger partial charge in [0.15, 0.2) is 6.10 Å². The van der Waals surface area contributed by atoms with E-state index in [2.05, 4.69) is 4.74 Å². The topological polar surface area (TPSA) is 66.8 Å². The third-order valence-electron chi connectivity index (χ3n) is 2.07. The van der Waals surface area contributed by atoms with Crippen molar-refractivity contribution in [2.24, 2.45) is 0 Å². The van der Waals surface area contributed by atoms with Gasteiger partial charge in [0.1, 0.15) is 5.75 Å². The van der Waals surface area contributed by atoms with Crippen molar-refractivity contribution in [2.45, 2.75) is 12.3 Å². The van der Waals surface area contributed by atoms with Gasteiger partial charge < -0.3 is 14.9 Å². The van der Waals surface area contributed by atoms with Gasteiger partial charge in [-0.1, -0.05) is 6.07 Å². The van der Waals surface area contributed by atoms with Crippen LogP contribution in [-0.2, 0) is 15.7 Å². The molecule has 0 aromatic heterocycles. The average Bonchev–Trinajstić information content (AvgIpc) is 2.26. The Kier molecular flexibility index (Phi) is 3.62. The molecule has 0 radical (unpaired) electrons. The van der Waals surface area contributed by atoms with Crippen molar-refractivity contribution < 1.29 is 32.9 Å². The van der Waals surface area contributed by atoms with E-state index in [9.17, 15) is 23.1 Å². The van der Waals surface area contributed by atoms with Crippen LogP contribution < -0.4 is 0 Å². The van der Waals surface area contributed by atoms with Crippen LogP contribution in [0.5, 0.6) is 5.75 Å². The molecule has 0 saturated carbocycles. The van der Waals surface area contributed by atoms with Crippen molar-refractivity contribution in [3.8, 4) is 5.75 Å². The number of alkyl halides is 3. The fraction of sp³-hybridized carbons (Fsp3) is 0.300. The van der Waals surface area contributed by atoms with Gasteiger partial charge in [-0.2, -0.15) is 13.2 Å². The smallest absolute Gasteiger partial charge is 0.419 e. The van der Waals surface area contributed by atoms with Gasteiger partial charge in [-0.05, 0) is 17.7 Å².